The molecule has 7 heteroatoms. The number of aryl methyl sites for hydroxylation is 2. The highest BCUT2D eigenvalue weighted by Crippen LogP contribution is 2.34. The number of fused-ring (bicyclic) bond motifs is 1. The molecule has 1 saturated heterocycles. The highest BCUT2D eigenvalue weighted by Gasteiger charge is 2.30. The molecule has 0 aliphatic carbocycles. The van der Waals surface area contributed by atoms with E-state index in [1.54, 1.807) is 29.2 Å². The Morgan fingerprint density at radius 1 is 0.912 bits per heavy atom. The smallest absolute Gasteiger partial charge is 0.260 e. The Kier molecular flexibility index (Phi) is 5.71. The molecular weight excluding hydrogens is 446 g/mol. The summed E-state index contributed by atoms with van der Waals surface area (Å²) in [5.74, 6) is -0.617. The van der Waals surface area contributed by atoms with Gasteiger partial charge in [0.25, 0.3) is 5.91 Å². The Hall–Kier alpha value is -3.84. The molecule has 0 saturated carbocycles. The number of thiazole rings is 1. The van der Waals surface area contributed by atoms with Gasteiger partial charge in [0.2, 0.25) is 11.8 Å². The Morgan fingerprint density at radius 2 is 1.56 bits per heavy atom. The van der Waals surface area contributed by atoms with Gasteiger partial charge in [-0.1, -0.05) is 53.8 Å². The fraction of sp³-hybridized carbons (Fsp3) is 0.185. The average molecular weight is 470 g/mol. The molecule has 1 fully saturated rings. The summed E-state index contributed by atoms with van der Waals surface area (Å²) in [5.41, 5.74) is 5.05. The van der Waals surface area contributed by atoms with Crippen LogP contribution in [0.4, 0.5) is 10.8 Å². The van der Waals surface area contributed by atoms with Crippen LogP contribution in [0, 0.1) is 13.8 Å². The summed E-state index contributed by atoms with van der Waals surface area (Å²) in [5, 5.41) is 0.634. The van der Waals surface area contributed by atoms with Crippen molar-refractivity contribution in [1.29, 1.82) is 0 Å². The highest BCUT2D eigenvalue weighted by atomic mass is 32.1. The van der Waals surface area contributed by atoms with Gasteiger partial charge >= 0.3 is 0 Å². The zero-order chi connectivity index (χ0) is 23.8. The first kappa shape index (κ1) is 22.0. The van der Waals surface area contributed by atoms with Crippen molar-refractivity contribution < 1.29 is 14.4 Å². The summed E-state index contributed by atoms with van der Waals surface area (Å²) in [6.07, 6.45) is 0.446. The van der Waals surface area contributed by atoms with Crippen LogP contribution in [0.3, 0.4) is 0 Å². The van der Waals surface area contributed by atoms with E-state index in [1.165, 1.54) is 16.2 Å². The number of carbonyl (C=O) groups is 3. The molecule has 0 spiro atoms. The van der Waals surface area contributed by atoms with Gasteiger partial charge in [-0.15, -0.1) is 0 Å². The Labute approximate surface area is 201 Å². The molecule has 3 aromatic carbocycles. The molecule has 6 nitrogen and oxygen atoms in total. The highest BCUT2D eigenvalue weighted by molar-refractivity contribution is 7.22. The van der Waals surface area contributed by atoms with E-state index in [1.807, 2.05) is 50.2 Å². The van der Waals surface area contributed by atoms with Crippen molar-refractivity contribution in [3.63, 3.8) is 0 Å². The summed E-state index contributed by atoms with van der Waals surface area (Å²) in [7, 11) is 0. The number of nitrogens with zero attached hydrogens (tertiary/aromatic N) is 3. The van der Waals surface area contributed by atoms with Crippen LogP contribution in [-0.4, -0.2) is 22.7 Å². The van der Waals surface area contributed by atoms with E-state index < -0.39 is 0 Å². The van der Waals surface area contributed by atoms with Crippen LogP contribution in [0.2, 0.25) is 0 Å². The van der Waals surface area contributed by atoms with E-state index in [4.69, 9.17) is 4.98 Å². The van der Waals surface area contributed by atoms with Crippen LogP contribution >= 0.6 is 11.3 Å². The Balaban J connectivity index is 1.52. The minimum atomic E-state index is -0.213. The predicted octanol–water partition coefficient (Wildman–Crippen LogP) is 5.41. The number of hydrogen-bond donors (Lipinski definition) is 0. The number of rotatable bonds is 5. The van der Waals surface area contributed by atoms with Crippen molar-refractivity contribution >= 4 is 50.1 Å². The van der Waals surface area contributed by atoms with Gasteiger partial charge < -0.3 is 0 Å². The van der Waals surface area contributed by atoms with E-state index in [0.29, 0.717) is 22.9 Å². The number of aromatic nitrogens is 1. The summed E-state index contributed by atoms with van der Waals surface area (Å²) < 4.78 is 1.07. The summed E-state index contributed by atoms with van der Waals surface area (Å²) in [6, 6.07) is 20.6. The molecule has 170 valence electrons. The number of carbonyl (C=O) groups excluding carboxylic acids is 3. The van der Waals surface area contributed by atoms with Gasteiger partial charge in [-0.3, -0.25) is 24.2 Å². The van der Waals surface area contributed by atoms with Crippen LogP contribution in [0.15, 0.2) is 66.7 Å². The Bertz CT molecular complexity index is 1360. The third-order valence-electron chi connectivity index (χ3n) is 6.01. The van der Waals surface area contributed by atoms with Gasteiger partial charge in [-0.05, 0) is 54.8 Å². The first-order chi connectivity index (χ1) is 16.4. The van der Waals surface area contributed by atoms with Gasteiger partial charge in [-0.2, -0.15) is 0 Å². The lowest BCUT2D eigenvalue weighted by Crippen LogP contribution is -2.31. The lowest BCUT2D eigenvalue weighted by atomic mass is 10.1. The van der Waals surface area contributed by atoms with Crippen molar-refractivity contribution in [2.45, 2.75) is 33.2 Å². The van der Waals surface area contributed by atoms with Crippen LogP contribution in [-0.2, 0) is 16.1 Å². The van der Waals surface area contributed by atoms with Gasteiger partial charge in [0.05, 0.1) is 22.4 Å². The van der Waals surface area contributed by atoms with Crippen LogP contribution in [0.5, 0.6) is 0 Å². The SMILES string of the molecule is Cc1ccc(C)c2sc(N(Cc3ccccc3)C(=O)c3ccc(N4C(=O)CCC4=O)cc3)nc12. The van der Waals surface area contributed by atoms with Crippen molar-refractivity contribution in [3.8, 4) is 0 Å². The van der Waals surface area contributed by atoms with Gasteiger partial charge in [0.15, 0.2) is 5.13 Å². The summed E-state index contributed by atoms with van der Waals surface area (Å²) >= 11 is 1.51. The fourth-order valence-electron chi connectivity index (χ4n) is 4.13. The van der Waals surface area contributed by atoms with Gasteiger partial charge in [0.1, 0.15) is 0 Å². The molecular formula is C27H23N3O3S. The van der Waals surface area contributed by atoms with E-state index in [2.05, 4.69) is 6.07 Å². The fourth-order valence-corrected chi connectivity index (χ4v) is 5.24. The molecule has 5 rings (SSSR count). The maximum Gasteiger partial charge on any atom is 0.260 e. The minimum absolute atomic E-state index is 0.191. The monoisotopic (exact) mass is 469 g/mol. The molecule has 0 N–H and O–H groups in total. The van der Waals surface area contributed by atoms with Gasteiger partial charge in [0, 0.05) is 18.4 Å². The number of imide groups is 1. The van der Waals surface area contributed by atoms with Crippen molar-refractivity contribution in [1.82, 2.24) is 4.98 Å². The molecule has 0 radical (unpaired) electrons. The van der Waals surface area contributed by atoms with E-state index in [0.717, 1.165) is 26.9 Å². The number of benzene rings is 3. The van der Waals surface area contributed by atoms with E-state index >= 15 is 0 Å². The molecule has 4 aromatic rings. The second-order valence-electron chi connectivity index (χ2n) is 8.42. The molecule has 34 heavy (non-hydrogen) atoms. The van der Waals surface area contributed by atoms with Crippen LogP contribution in [0.1, 0.15) is 39.9 Å². The average Bonchev–Trinajstić information content (AvgIpc) is 3.45. The zero-order valence-electron chi connectivity index (χ0n) is 18.9. The second kappa shape index (κ2) is 8.83. The lowest BCUT2D eigenvalue weighted by molar-refractivity contribution is -0.121. The Morgan fingerprint density at radius 3 is 2.21 bits per heavy atom. The molecule has 3 amide bonds. The molecule has 0 atom stereocenters. The van der Waals surface area contributed by atoms with Crippen LogP contribution in [0.25, 0.3) is 10.2 Å². The number of amides is 3. The van der Waals surface area contributed by atoms with Crippen LogP contribution < -0.4 is 9.80 Å². The van der Waals surface area contributed by atoms with E-state index in [9.17, 15) is 14.4 Å². The first-order valence-corrected chi connectivity index (χ1v) is 11.9. The molecule has 1 aliphatic rings. The molecule has 1 aliphatic heterocycles. The minimum Gasteiger partial charge on any atom is -0.279 e. The van der Waals surface area contributed by atoms with Gasteiger partial charge in [-0.25, -0.2) is 4.98 Å². The number of anilines is 2. The third kappa shape index (κ3) is 3.99. The topological polar surface area (TPSA) is 70.6 Å². The zero-order valence-corrected chi connectivity index (χ0v) is 19.8. The standard InChI is InChI=1S/C27H23N3O3S/c1-17-8-9-18(2)25-24(17)28-27(34-25)29(16-19-6-4-3-5-7-19)26(33)20-10-12-21(13-11-20)30-22(31)14-15-23(30)32/h3-13H,14-16H2,1-2H3. The van der Waals surface area contributed by atoms with Crippen molar-refractivity contribution in [2.75, 3.05) is 9.80 Å². The van der Waals surface area contributed by atoms with Crippen molar-refractivity contribution in [2.24, 2.45) is 0 Å². The third-order valence-corrected chi connectivity index (χ3v) is 7.23. The maximum absolute atomic E-state index is 13.7. The predicted molar refractivity (Wildman–Crippen MR) is 134 cm³/mol. The molecule has 2 heterocycles. The first-order valence-electron chi connectivity index (χ1n) is 11.1. The summed E-state index contributed by atoms with van der Waals surface area (Å²) in [6.45, 7) is 4.45. The second-order valence-corrected chi connectivity index (χ2v) is 9.40. The van der Waals surface area contributed by atoms with E-state index in [-0.39, 0.29) is 30.6 Å². The molecule has 0 bridgehead atoms. The largest absolute Gasteiger partial charge is 0.279 e. The normalized spacial score (nSPS) is 13.6. The molecule has 1 aromatic heterocycles. The quantitative estimate of drug-likeness (QED) is 0.366. The lowest BCUT2D eigenvalue weighted by Gasteiger charge is -2.21. The van der Waals surface area contributed by atoms with Crippen molar-refractivity contribution in [3.05, 3.63) is 89.0 Å². The molecule has 0 unspecified atom stereocenters. The summed E-state index contributed by atoms with van der Waals surface area (Å²) in [4.78, 5) is 45.6. The number of hydrogen-bond acceptors (Lipinski definition) is 5. The maximum atomic E-state index is 13.7.